The highest BCUT2D eigenvalue weighted by Gasteiger charge is 2.23. The van der Waals surface area contributed by atoms with Gasteiger partial charge >= 0.3 is 0 Å². The average Bonchev–Trinajstić information content (AvgIpc) is 2.73. The molecule has 2 aromatic carbocycles. The lowest BCUT2D eigenvalue weighted by Crippen LogP contribution is -2.30. The van der Waals surface area contributed by atoms with Crippen LogP contribution in [0.1, 0.15) is 26.7 Å². The van der Waals surface area contributed by atoms with Crippen LogP contribution in [0.5, 0.6) is 11.5 Å². The molecule has 0 spiro atoms. The molecule has 7 nitrogen and oxygen atoms in total. The zero-order valence-electron chi connectivity index (χ0n) is 17.4. The van der Waals surface area contributed by atoms with Crippen molar-refractivity contribution in [3.63, 3.8) is 0 Å². The summed E-state index contributed by atoms with van der Waals surface area (Å²) < 4.78 is 37.7. The van der Waals surface area contributed by atoms with E-state index in [1.54, 1.807) is 38.1 Å². The smallest absolute Gasteiger partial charge is 0.243 e. The molecule has 9 heteroatoms. The van der Waals surface area contributed by atoms with E-state index in [9.17, 15) is 13.2 Å². The van der Waals surface area contributed by atoms with Crippen LogP contribution in [0.15, 0.2) is 47.4 Å². The number of hydrogen-bond acceptors (Lipinski definition) is 5. The van der Waals surface area contributed by atoms with E-state index in [4.69, 9.17) is 21.1 Å². The molecule has 0 radical (unpaired) electrons. The number of methoxy groups -OCH3 is 1. The Kier molecular flexibility index (Phi) is 8.95. The van der Waals surface area contributed by atoms with Gasteiger partial charge < -0.3 is 14.8 Å². The maximum atomic E-state index is 12.7. The Bertz CT molecular complexity index is 944. The second-order valence-electron chi connectivity index (χ2n) is 6.41. The summed E-state index contributed by atoms with van der Waals surface area (Å²) in [4.78, 5) is 12.4. The highest BCUT2D eigenvalue weighted by Crippen LogP contribution is 2.29. The molecule has 2 rings (SSSR count). The SMILES string of the molecule is CCN(CC)S(=O)(=O)c1ccc(OC)c(NC(=O)CCCOc2ccc(Cl)cc2)c1. The number of halogens is 1. The number of carbonyl (C=O) groups excluding carboxylic acids is 1. The number of benzene rings is 2. The first-order valence-corrected chi connectivity index (χ1v) is 11.5. The normalized spacial score (nSPS) is 11.4. The van der Waals surface area contributed by atoms with Gasteiger partial charge in [-0.1, -0.05) is 25.4 Å². The van der Waals surface area contributed by atoms with Crippen molar-refractivity contribution in [1.82, 2.24) is 4.31 Å². The number of rotatable bonds is 11. The molecule has 0 bridgehead atoms. The van der Waals surface area contributed by atoms with E-state index in [-0.39, 0.29) is 17.2 Å². The number of nitrogens with zero attached hydrogens (tertiary/aromatic N) is 1. The van der Waals surface area contributed by atoms with E-state index in [1.165, 1.54) is 29.6 Å². The first-order valence-electron chi connectivity index (χ1n) is 9.68. The number of nitrogens with one attached hydrogen (secondary N) is 1. The summed E-state index contributed by atoms with van der Waals surface area (Å²) in [5, 5.41) is 3.36. The minimum atomic E-state index is -3.64. The van der Waals surface area contributed by atoms with Gasteiger partial charge in [0.25, 0.3) is 0 Å². The third-order valence-electron chi connectivity index (χ3n) is 4.42. The number of hydrogen-bond donors (Lipinski definition) is 1. The van der Waals surface area contributed by atoms with Crippen molar-refractivity contribution in [2.45, 2.75) is 31.6 Å². The molecule has 0 saturated carbocycles. The number of amides is 1. The maximum Gasteiger partial charge on any atom is 0.243 e. The molecule has 0 fully saturated rings. The summed E-state index contributed by atoms with van der Waals surface area (Å²) in [5.41, 5.74) is 0.314. The fourth-order valence-electron chi connectivity index (χ4n) is 2.82. The Morgan fingerprint density at radius 1 is 1.10 bits per heavy atom. The van der Waals surface area contributed by atoms with Gasteiger partial charge in [0.1, 0.15) is 11.5 Å². The Balaban J connectivity index is 2.00. The molecule has 0 aliphatic carbocycles. The van der Waals surface area contributed by atoms with Crippen molar-refractivity contribution in [3.05, 3.63) is 47.5 Å². The van der Waals surface area contributed by atoms with Crippen LogP contribution in [-0.4, -0.2) is 45.4 Å². The lowest BCUT2D eigenvalue weighted by Gasteiger charge is -2.19. The van der Waals surface area contributed by atoms with Crippen LogP contribution in [0.2, 0.25) is 5.02 Å². The number of anilines is 1. The minimum absolute atomic E-state index is 0.105. The summed E-state index contributed by atoms with van der Waals surface area (Å²) in [6.07, 6.45) is 0.706. The highest BCUT2D eigenvalue weighted by atomic mass is 35.5. The first-order chi connectivity index (χ1) is 14.3. The number of carbonyl (C=O) groups is 1. The van der Waals surface area contributed by atoms with Crippen molar-refractivity contribution < 1.29 is 22.7 Å². The maximum absolute atomic E-state index is 12.7. The number of ether oxygens (including phenoxy) is 2. The van der Waals surface area contributed by atoms with E-state index in [0.717, 1.165) is 0 Å². The van der Waals surface area contributed by atoms with Gasteiger partial charge in [-0.15, -0.1) is 0 Å². The van der Waals surface area contributed by atoms with E-state index in [2.05, 4.69) is 5.32 Å². The topological polar surface area (TPSA) is 84.9 Å². The van der Waals surface area contributed by atoms with Gasteiger partial charge in [-0.2, -0.15) is 4.31 Å². The largest absolute Gasteiger partial charge is 0.495 e. The molecule has 0 aliphatic heterocycles. The molecule has 0 heterocycles. The molecule has 0 aliphatic rings. The van der Waals surface area contributed by atoms with Gasteiger partial charge in [-0.25, -0.2) is 8.42 Å². The van der Waals surface area contributed by atoms with Crippen molar-refractivity contribution in [1.29, 1.82) is 0 Å². The Labute approximate surface area is 183 Å². The van der Waals surface area contributed by atoms with Crippen LogP contribution in [0.25, 0.3) is 0 Å². The monoisotopic (exact) mass is 454 g/mol. The van der Waals surface area contributed by atoms with Gasteiger partial charge in [-0.05, 0) is 48.9 Å². The molecule has 1 N–H and O–H groups in total. The second kappa shape index (κ2) is 11.2. The first kappa shape index (κ1) is 24.0. The molecule has 164 valence electrons. The van der Waals surface area contributed by atoms with E-state index < -0.39 is 10.0 Å². The van der Waals surface area contributed by atoms with E-state index in [0.29, 0.717) is 48.3 Å². The van der Waals surface area contributed by atoms with Crippen LogP contribution >= 0.6 is 11.6 Å². The lowest BCUT2D eigenvalue weighted by atomic mass is 10.2. The van der Waals surface area contributed by atoms with Crippen LogP contribution in [-0.2, 0) is 14.8 Å². The van der Waals surface area contributed by atoms with Crippen molar-refractivity contribution in [2.75, 3.05) is 32.1 Å². The quantitative estimate of drug-likeness (QED) is 0.515. The molecule has 0 unspecified atom stereocenters. The number of sulfonamides is 1. The summed E-state index contributed by atoms with van der Waals surface area (Å²) in [6.45, 7) is 4.64. The lowest BCUT2D eigenvalue weighted by molar-refractivity contribution is -0.116. The molecule has 2 aromatic rings. The summed E-state index contributed by atoms with van der Waals surface area (Å²) in [5.74, 6) is 0.806. The third kappa shape index (κ3) is 6.35. The minimum Gasteiger partial charge on any atom is -0.495 e. The van der Waals surface area contributed by atoms with Crippen molar-refractivity contribution in [3.8, 4) is 11.5 Å². The van der Waals surface area contributed by atoms with Gasteiger partial charge in [0.05, 0.1) is 24.3 Å². The fourth-order valence-corrected chi connectivity index (χ4v) is 4.43. The summed E-state index contributed by atoms with van der Waals surface area (Å²) in [6, 6.07) is 11.4. The summed E-state index contributed by atoms with van der Waals surface area (Å²) >= 11 is 5.83. The Morgan fingerprint density at radius 3 is 2.37 bits per heavy atom. The fraction of sp³-hybridized carbons (Fsp3) is 0.381. The van der Waals surface area contributed by atoms with Gasteiger partial charge in [-0.3, -0.25) is 4.79 Å². The van der Waals surface area contributed by atoms with Crippen LogP contribution in [0.3, 0.4) is 0 Å². The molecule has 0 saturated heterocycles. The summed E-state index contributed by atoms with van der Waals surface area (Å²) in [7, 11) is -2.18. The second-order valence-corrected chi connectivity index (χ2v) is 8.78. The van der Waals surface area contributed by atoms with E-state index >= 15 is 0 Å². The molecule has 1 amide bonds. The van der Waals surface area contributed by atoms with Gasteiger partial charge in [0.2, 0.25) is 15.9 Å². The molecule has 30 heavy (non-hydrogen) atoms. The zero-order chi connectivity index (χ0) is 22.1. The Hall–Kier alpha value is -2.29. The third-order valence-corrected chi connectivity index (χ3v) is 6.72. The molecule has 0 atom stereocenters. The highest BCUT2D eigenvalue weighted by molar-refractivity contribution is 7.89. The van der Waals surface area contributed by atoms with Gasteiger partial charge in [0, 0.05) is 24.5 Å². The standard InChI is InChI=1S/C21H27ClN2O5S/c1-4-24(5-2)30(26,27)18-12-13-20(28-3)19(15-18)23-21(25)7-6-14-29-17-10-8-16(22)9-11-17/h8-13,15H,4-7,14H2,1-3H3,(H,23,25). The predicted octanol–water partition coefficient (Wildman–Crippen LogP) is 4.18. The zero-order valence-corrected chi connectivity index (χ0v) is 18.9. The van der Waals surface area contributed by atoms with Crippen LogP contribution in [0.4, 0.5) is 5.69 Å². The van der Waals surface area contributed by atoms with Crippen molar-refractivity contribution in [2.24, 2.45) is 0 Å². The predicted molar refractivity (Wildman–Crippen MR) is 118 cm³/mol. The molecular weight excluding hydrogens is 428 g/mol. The molecule has 0 aromatic heterocycles. The van der Waals surface area contributed by atoms with E-state index in [1.807, 2.05) is 0 Å². The van der Waals surface area contributed by atoms with Crippen LogP contribution < -0.4 is 14.8 Å². The van der Waals surface area contributed by atoms with Gasteiger partial charge in [0.15, 0.2) is 0 Å². The average molecular weight is 455 g/mol. The Morgan fingerprint density at radius 2 is 1.77 bits per heavy atom. The van der Waals surface area contributed by atoms with Crippen LogP contribution in [0, 0.1) is 0 Å². The van der Waals surface area contributed by atoms with Crippen molar-refractivity contribution >= 4 is 33.2 Å². The molecular formula is C21H27ClN2O5S.